The van der Waals surface area contributed by atoms with Crippen molar-refractivity contribution in [1.82, 2.24) is 19.4 Å². The van der Waals surface area contributed by atoms with Gasteiger partial charge >= 0.3 is 5.69 Å². The maximum atomic E-state index is 14.7. The second-order valence-electron chi connectivity index (χ2n) is 8.77. The van der Waals surface area contributed by atoms with E-state index in [0.717, 1.165) is 0 Å². The number of aromatic nitrogens is 2. The molecule has 5 rings (SSSR count). The molecule has 10 heteroatoms. The first-order valence-electron chi connectivity index (χ1n) is 11.7. The molecule has 1 N–H and O–H groups in total. The first-order valence-corrected chi connectivity index (χ1v) is 12.0. The van der Waals surface area contributed by atoms with Crippen molar-refractivity contribution in [2.45, 2.75) is 6.54 Å². The average Bonchev–Trinajstić information content (AvgIpc) is 2.92. The highest BCUT2D eigenvalue weighted by Crippen LogP contribution is 2.19. The van der Waals surface area contributed by atoms with Crippen LogP contribution in [0.4, 0.5) is 4.39 Å². The van der Waals surface area contributed by atoms with Crippen LogP contribution in [0.15, 0.2) is 76.3 Å². The molecule has 1 saturated heterocycles. The minimum absolute atomic E-state index is 0.00760. The predicted octanol–water partition coefficient (Wildman–Crippen LogP) is 3.13. The Bertz CT molecular complexity index is 1630. The van der Waals surface area contributed by atoms with E-state index in [1.54, 1.807) is 41.3 Å². The number of aromatic amines is 1. The summed E-state index contributed by atoms with van der Waals surface area (Å²) in [7, 11) is 0. The summed E-state index contributed by atoms with van der Waals surface area (Å²) in [5, 5.41) is 0.594. The monoisotopic (exact) mass is 520 g/mol. The van der Waals surface area contributed by atoms with Crippen molar-refractivity contribution in [1.29, 1.82) is 0 Å². The van der Waals surface area contributed by atoms with Gasteiger partial charge in [-0.05, 0) is 48.0 Å². The lowest BCUT2D eigenvalue weighted by atomic mass is 10.1. The van der Waals surface area contributed by atoms with Gasteiger partial charge < -0.3 is 9.80 Å². The van der Waals surface area contributed by atoms with Crippen LogP contribution in [0.2, 0.25) is 5.02 Å². The summed E-state index contributed by atoms with van der Waals surface area (Å²) in [5.41, 5.74) is 0.149. The van der Waals surface area contributed by atoms with E-state index in [0.29, 0.717) is 34.8 Å². The van der Waals surface area contributed by atoms with Gasteiger partial charge in [-0.15, -0.1) is 0 Å². The molecule has 37 heavy (non-hydrogen) atoms. The number of H-pyrrole nitrogens is 1. The summed E-state index contributed by atoms with van der Waals surface area (Å²) in [4.78, 5) is 56.1. The van der Waals surface area contributed by atoms with E-state index in [2.05, 4.69) is 4.98 Å². The van der Waals surface area contributed by atoms with Gasteiger partial charge in [0.05, 0.1) is 23.0 Å². The topological polar surface area (TPSA) is 95.5 Å². The van der Waals surface area contributed by atoms with E-state index in [-0.39, 0.29) is 36.5 Å². The van der Waals surface area contributed by atoms with Crippen LogP contribution in [-0.4, -0.2) is 57.3 Å². The van der Waals surface area contributed by atoms with Crippen LogP contribution < -0.4 is 11.2 Å². The molecule has 188 valence electrons. The van der Waals surface area contributed by atoms with Crippen molar-refractivity contribution in [3.05, 3.63) is 115 Å². The van der Waals surface area contributed by atoms with Crippen LogP contribution in [0.25, 0.3) is 10.9 Å². The molecule has 4 aromatic rings. The van der Waals surface area contributed by atoms with Crippen LogP contribution in [0, 0.1) is 5.82 Å². The molecule has 0 radical (unpaired) electrons. The van der Waals surface area contributed by atoms with Gasteiger partial charge in [-0.1, -0.05) is 35.9 Å². The third-order valence-corrected chi connectivity index (χ3v) is 6.67. The standard InChI is InChI=1S/C27H22ClFN4O4/c28-19-7-9-23-21(15-19)24(34)30-27(37)33(23)16-17-6-8-22(29)20(14-17)26(36)32-12-10-31(11-13-32)25(35)18-4-2-1-3-5-18/h1-9,14-15H,10-13,16H2,(H,30,34,37). The molecule has 0 spiro atoms. The second kappa shape index (κ2) is 10.0. The van der Waals surface area contributed by atoms with E-state index in [9.17, 15) is 23.6 Å². The van der Waals surface area contributed by atoms with E-state index in [1.807, 2.05) is 6.07 Å². The van der Waals surface area contributed by atoms with E-state index in [1.165, 1.54) is 33.7 Å². The molecule has 0 saturated carbocycles. The van der Waals surface area contributed by atoms with Crippen molar-refractivity contribution >= 4 is 34.3 Å². The van der Waals surface area contributed by atoms with Crippen molar-refractivity contribution < 1.29 is 14.0 Å². The number of nitrogens with one attached hydrogen (secondary N) is 1. The third kappa shape index (κ3) is 4.90. The van der Waals surface area contributed by atoms with Gasteiger partial charge in [0.1, 0.15) is 5.82 Å². The molecule has 1 fully saturated rings. The first-order chi connectivity index (χ1) is 17.8. The van der Waals surface area contributed by atoms with Crippen LogP contribution >= 0.6 is 11.6 Å². The Hall–Kier alpha value is -4.24. The Morgan fingerprint density at radius 2 is 1.54 bits per heavy atom. The average molecular weight is 521 g/mol. The largest absolute Gasteiger partial charge is 0.335 e. The molecule has 0 aliphatic carbocycles. The lowest BCUT2D eigenvalue weighted by Crippen LogP contribution is -2.50. The van der Waals surface area contributed by atoms with Crippen LogP contribution in [0.5, 0.6) is 0 Å². The van der Waals surface area contributed by atoms with Gasteiger partial charge in [-0.2, -0.15) is 0 Å². The van der Waals surface area contributed by atoms with Crippen molar-refractivity contribution in [3.8, 4) is 0 Å². The molecule has 1 aromatic heterocycles. The zero-order valence-electron chi connectivity index (χ0n) is 19.6. The summed E-state index contributed by atoms with van der Waals surface area (Å²) in [5.74, 6) is -1.28. The van der Waals surface area contributed by atoms with Crippen LogP contribution in [0.1, 0.15) is 26.3 Å². The fraction of sp³-hybridized carbons (Fsp3) is 0.185. The number of amides is 2. The first kappa shape index (κ1) is 24.5. The van der Waals surface area contributed by atoms with Gasteiger partial charge in [0.2, 0.25) is 0 Å². The molecule has 3 aromatic carbocycles. The number of benzene rings is 3. The number of halogens is 2. The zero-order valence-corrected chi connectivity index (χ0v) is 20.4. The summed E-state index contributed by atoms with van der Waals surface area (Å²) < 4.78 is 16.1. The Kier molecular flexibility index (Phi) is 6.62. The van der Waals surface area contributed by atoms with Gasteiger partial charge in [-0.25, -0.2) is 9.18 Å². The summed E-state index contributed by atoms with van der Waals surface area (Å²) in [6.45, 7) is 1.22. The third-order valence-electron chi connectivity index (χ3n) is 6.44. The normalized spacial score (nSPS) is 13.7. The second-order valence-corrected chi connectivity index (χ2v) is 9.21. The van der Waals surface area contributed by atoms with Gasteiger partial charge in [0.25, 0.3) is 17.4 Å². The lowest BCUT2D eigenvalue weighted by Gasteiger charge is -2.35. The Labute approximate surface area is 215 Å². The van der Waals surface area contributed by atoms with Gasteiger partial charge in [0, 0.05) is 36.8 Å². The quantitative estimate of drug-likeness (QED) is 0.447. The number of fused-ring (bicyclic) bond motifs is 1. The van der Waals surface area contributed by atoms with Crippen molar-refractivity contribution in [2.75, 3.05) is 26.2 Å². The number of hydrogen-bond donors (Lipinski definition) is 1. The minimum atomic E-state index is -0.679. The summed E-state index contributed by atoms with van der Waals surface area (Å²) in [6.07, 6.45) is 0. The molecular weight excluding hydrogens is 499 g/mol. The van der Waals surface area contributed by atoms with Gasteiger partial charge in [0.15, 0.2) is 0 Å². The molecular formula is C27H22ClFN4O4. The molecule has 2 heterocycles. The van der Waals surface area contributed by atoms with E-state index >= 15 is 0 Å². The number of carbonyl (C=O) groups is 2. The fourth-order valence-corrected chi connectivity index (χ4v) is 4.66. The SMILES string of the molecule is O=C(c1ccccc1)N1CCN(C(=O)c2cc(Cn3c(=O)[nH]c(=O)c4cc(Cl)ccc43)ccc2F)CC1. The van der Waals surface area contributed by atoms with Crippen molar-refractivity contribution in [2.24, 2.45) is 0 Å². The highest BCUT2D eigenvalue weighted by molar-refractivity contribution is 6.31. The van der Waals surface area contributed by atoms with Crippen LogP contribution in [0.3, 0.4) is 0 Å². The fourth-order valence-electron chi connectivity index (χ4n) is 4.49. The van der Waals surface area contributed by atoms with Crippen LogP contribution in [-0.2, 0) is 6.54 Å². The Morgan fingerprint density at radius 1 is 0.865 bits per heavy atom. The number of rotatable bonds is 4. The molecule has 1 aliphatic heterocycles. The number of carbonyl (C=O) groups excluding carboxylic acids is 2. The summed E-state index contributed by atoms with van der Waals surface area (Å²) in [6, 6.07) is 17.6. The highest BCUT2D eigenvalue weighted by Gasteiger charge is 2.27. The zero-order chi connectivity index (χ0) is 26.1. The molecule has 8 nitrogen and oxygen atoms in total. The predicted molar refractivity (Wildman–Crippen MR) is 138 cm³/mol. The van der Waals surface area contributed by atoms with E-state index in [4.69, 9.17) is 11.6 Å². The molecule has 0 atom stereocenters. The number of hydrogen-bond acceptors (Lipinski definition) is 4. The lowest BCUT2D eigenvalue weighted by molar-refractivity contribution is 0.0532. The number of nitrogens with zero attached hydrogens (tertiary/aromatic N) is 3. The molecule has 2 amide bonds. The Morgan fingerprint density at radius 3 is 2.24 bits per heavy atom. The molecule has 0 unspecified atom stereocenters. The molecule has 1 aliphatic rings. The minimum Gasteiger partial charge on any atom is -0.335 e. The maximum Gasteiger partial charge on any atom is 0.329 e. The molecule has 0 bridgehead atoms. The maximum absolute atomic E-state index is 14.7. The Balaban J connectivity index is 1.35. The van der Waals surface area contributed by atoms with E-state index < -0.39 is 23.0 Å². The van der Waals surface area contributed by atoms with Gasteiger partial charge in [-0.3, -0.25) is 23.9 Å². The summed E-state index contributed by atoms with van der Waals surface area (Å²) >= 11 is 6.00. The number of piperazine rings is 1. The van der Waals surface area contributed by atoms with Crippen molar-refractivity contribution in [3.63, 3.8) is 0 Å². The highest BCUT2D eigenvalue weighted by atomic mass is 35.5. The smallest absolute Gasteiger partial charge is 0.329 e.